The molecule has 0 aliphatic heterocycles. The molecule has 2 aromatic heterocycles. The molecular weight excluding hydrogens is 300 g/mol. The van der Waals surface area contributed by atoms with Gasteiger partial charge in [-0.25, -0.2) is 0 Å². The van der Waals surface area contributed by atoms with Gasteiger partial charge in [-0.2, -0.15) is 0 Å². The van der Waals surface area contributed by atoms with Gasteiger partial charge in [0.25, 0.3) is 5.91 Å². The maximum Gasteiger partial charge on any atom is 0.255 e. The molecule has 5 nitrogen and oxygen atoms in total. The van der Waals surface area contributed by atoms with Crippen molar-refractivity contribution >= 4 is 23.0 Å². The van der Waals surface area contributed by atoms with Crippen molar-refractivity contribution in [3.05, 3.63) is 52.0 Å². The number of pyridine rings is 1. The van der Waals surface area contributed by atoms with Crippen molar-refractivity contribution in [1.82, 2.24) is 9.88 Å². The molecule has 2 heterocycles. The summed E-state index contributed by atoms with van der Waals surface area (Å²) in [7, 11) is 3.30. The van der Waals surface area contributed by atoms with Gasteiger partial charge in [0.05, 0.1) is 28.8 Å². The Morgan fingerprint density at radius 1 is 1.41 bits per heavy atom. The lowest BCUT2D eigenvalue weighted by Gasteiger charge is -2.27. The summed E-state index contributed by atoms with van der Waals surface area (Å²) in [5.74, 6) is -0.193. The molecule has 0 bridgehead atoms. The number of thiophene rings is 1. The molecule has 6 heteroatoms. The maximum atomic E-state index is 12.6. The number of amides is 1. The lowest BCUT2D eigenvalue weighted by molar-refractivity contribution is 0.0595. The van der Waals surface area contributed by atoms with E-state index in [0.717, 1.165) is 5.69 Å². The van der Waals surface area contributed by atoms with Gasteiger partial charge in [0, 0.05) is 25.7 Å². The zero-order valence-electron chi connectivity index (χ0n) is 12.8. The summed E-state index contributed by atoms with van der Waals surface area (Å²) in [6.45, 7) is 1.84. The van der Waals surface area contributed by atoms with Crippen molar-refractivity contribution in [3.8, 4) is 0 Å². The van der Waals surface area contributed by atoms with E-state index in [1.54, 1.807) is 36.7 Å². The van der Waals surface area contributed by atoms with E-state index in [0.29, 0.717) is 17.0 Å². The topological polar surface area (TPSA) is 59.5 Å². The van der Waals surface area contributed by atoms with Gasteiger partial charge < -0.3 is 9.64 Å². The van der Waals surface area contributed by atoms with Gasteiger partial charge >= 0.3 is 0 Å². The molecule has 116 valence electrons. The Labute approximate surface area is 133 Å². The van der Waals surface area contributed by atoms with E-state index in [1.165, 1.54) is 18.3 Å². The van der Waals surface area contributed by atoms with Crippen LogP contribution in [0.25, 0.3) is 0 Å². The Morgan fingerprint density at radius 3 is 2.73 bits per heavy atom. The molecule has 0 spiro atoms. The van der Waals surface area contributed by atoms with Crippen LogP contribution in [-0.4, -0.2) is 42.3 Å². The number of hydrogen-bond donors (Lipinski definition) is 0. The summed E-state index contributed by atoms with van der Waals surface area (Å²) in [6, 6.07) is 6.92. The highest BCUT2D eigenvalue weighted by Crippen LogP contribution is 2.22. The first-order valence-electron chi connectivity index (χ1n) is 6.81. The second kappa shape index (κ2) is 7.29. The number of rotatable bonds is 6. The highest BCUT2D eigenvalue weighted by Gasteiger charge is 2.24. The number of ketones is 1. The van der Waals surface area contributed by atoms with Gasteiger partial charge in [-0.3, -0.25) is 14.6 Å². The first kappa shape index (κ1) is 16.3. The quantitative estimate of drug-likeness (QED) is 0.769. The second-order valence-electron chi connectivity index (χ2n) is 4.90. The highest BCUT2D eigenvalue weighted by molar-refractivity contribution is 7.12. The van der Waals surface area contributed by atoms with Crippen molar-refractivity contribution in [2.75, 3.05) is 20.8 Å². The van der Waals surface area contributed by atoms with Crippen LogP contribution in [0.5, 0.6) is 0 Å². The molecule has 0 radical (unpaired) electrons. The number of nitrogens with zero attached hydrogens (tertiary/aromatic N) is 2. The Kier molecular flexibility index (Phi) is 5.41. The van der Waals surface area contributed by atoms with Crippen LogP contribution in [0.15, 0.2) is 35.8 Å². The standard InChI is InChI=1S/C16H18N2O3S/c1-11(19)15-8-12(10-22-15)16(20)18(2)14(9-21-3)13-6-4-5-7-17-13/h4-8,10,14H,9H2,1-3H3. The van der Waals surface area contributed by atoms with Gasteiger partial charge in [0.1, 0.15) is 0 Å². The summed E-state index contributed by atoms with van der Waals surface area (Å²) in [5.41, 5.74) is 1.27. The van der Waals surface area contributed by atoms with Gasteiger partial charge in [0.2, 0.25) is 0 Å². The molecule has 22 heavy (non-hydrogen) atoms. The third-order valence-corrected chi connectivity index (χ3v) is 4.37. The van der Waals surface area contributed by atoms with E-state index in [9.17, 15) is 9.59 Å². The Balaban J connectivity index is 2.24. The average molecular weight is 318 g/mol. The molecule has 0 aliphatic carbocycles. The Hall–Kier alpha value is -2.05. The Bertz CT molecular complexity index is 654. The number of ether oxygens (including phenoxy) is 1. The van der Waals surface area contributed by atoms with Crippen molar-refractivity contribution in [2.45, 2.75) is 13.0 Å². The third kappa shape index (κ3) is 3.58. The number of carbonyl (C=O) groups is 2. The van der Waals surface area contributed by atoms with E-state index < -0.39 is 0 Å². The smallest absolute Gasteiger partial charge is 0.255 e. The summed E-state index contributed by atoms with van der Waals surface area (Å²) in [5, 5.41) is 1.71. The molecule has 1 atom stereocenters. The fourth-order valence-corrected chi connectivity index (χ4v) is 2.89. The molecule has 0 aromatic carbocycles. The molecular formula is C16H18N2O3S. The van der Waals surface area contributed by atoms with Crippen LogP contribution in [-0.2, 0) is 4.74 Å². The number of likely N-dealkylation sites (N-methyl/N-ethyl adjacent to an activating group) is 1. The fourth-order valence-electron chi connectivity index (χ4n) is 2.10. The largest absolute Gasteiger partial charge is 0.382 e. The third-order valence-electron chi connectivity index (χ3n) is 3.33. The molecule has 2 aromatic rings. The van der Waals surface area contributed by atoms with E-state index in [1.807, 2.05) is 18.2 Å². The van der Waals surface area contributed by atoms with Crippen LogP contribution in [0.1, 0.15) is 38.7 Å². The van der Waals surface area contributed by atoms with Crippen LogP contribution in [0.2, 0.25) is 0 Å². The summed E-state index contributed by atoms with van der Waals surface area (Å²) < 4.78 is 5.22. The van der Waals surface area contributed by atoms with Crippen molar-refractivity contribution < 1.29 is 14.3 Å². The summed E-state index contributed by atoms with van der Waals surface area (Å²) >= 11 is 1.28. The van der Waals surface area contributed by atoms with Crippen LogP contribution < -0.4 is 0 Å². The van der Waals surface area contributed by atoms with Crippen molar-refractivity contribution in [2.24, 2.45) is 0 Å². The molecule has 0 saturated carbocycles. The minimum atomic E-state index is -0.278. The van der Waals surface area contributed by atoms with Gasteiger partial charge in [-0.15, -0.1) is 11.3 Å². The molecule has 1 amide bonds. The average Bonchev–Trinajstić information content (AvgIpc) is 3.02. The highest BCUT2D eigenvalue weighted by atomic mass is 32.1. The molecule has 0 N–H and O–H groups in total. The zero-order chi connectivity index (χ0) is 16.1. The predicted molar refractivity (Wildman–Crippen MR) is 85.3 cm³/mol. The second-order valence-corrected chi connectivity index (χ2v) is 5.81. The number of carbonyl (C=O) groups excluding carboxylic acids is 2. The number of aromatic nitrogens is 1. The lowest BCUT2D eigenvalue weighted by atomic mass is 10.1. The zero-order valence-corrected chi connectivity index (χ0v) is 13.6. The molecule has 0 aliphatic rings. The molecule has 0 fully saturated rings. The van der Waals surface area contributed by atoms with E-state index in [4.69, 9.17) is 4.74 Å². The molecule has 1 unspecified atom stereocenters. The van der Waals surface area contributed by atoms with Crippen LogP contribution >= 0.6 is 11.3 Å². The van der Waals surface area contributed by atoms with Crippen LogP contribution in [0.4, 0.5) is 0 Å². The van der Waals surface area contributed by atoms with Crippen molar-refractivity contribution in [3.63, 3.8) is 0 Å². The maximum absolute atomic E-state index is 12.6. The Morgan fingerprint density at radius 2 is 2.18 bits per heavy atom. The normalized spacial score (nSPS) is 12.0. The number of methoxy groups -OCH3 is 1. The van der Waals surface area contributed by atoms with Crippen molar-refractivity contribution in [1.29, 1.82) is 0 Å². The SMILES string of the molecule is COCC(c1ccccn1)N(C)C(=O)c1csc(C(C)=O)c1. The fraction of sp³-hybridized carbons (Fsp3) is 0.312. The summed E-state index contributed by atoms with van der Waals surface area (Å²) in [4.78, 5) is 30.5. The monoisotopic (exact) mass is 318 g/mol. The number of Topliss-reactive ketones (excluding diaryl/α,β-unsaturated/α-hetero) is 1. The lowest BCUT2D eigenvalue weighted by Crippen LogP contribution is -2.34. The first-order valence-corrected chi connectivity index (χ1v) is 7.69. The van der Waals surface area contributed by atoms with E-state index in [-0.39, 0.29) is 17.7 Å². The number of hydrogen-bond acceptors (Lipinski definition) is 5. The molecule has 0 saturated heterocycles. The van der Waals surface area contributed by atoms with Gasteiger partial charge in [-0.1, -0.05) is 6.07 Å². The minimum absolute atomic E-state index is 0.0372. The predicted octanol–water partition coefficient (Wildman–Crippen LogP) is 2.81. The molecule has 2 rings (SSSR count). The van der Waals surface area contributed by atoms with Crippen LogP contribution in [0.3, 0.4) is 0 Å². The summed E-state index contributed by atoms with van der Waals surface area (Å²) in [6.07, 6.45) is 1.69. The van der Waals surface area contributed by atoms with E-state index >= 15 is 0 Å². The minimum Gasteiger partial charge on any atom is -0.382 e. The van der Waals surface area contributed by atoms with Gasteiger partial charge in [0.15, 0.2) is 5.78 Å². The van der Waals surface area contributed by atoms with E-state index in [2.05, 4.69) is 4.98 Å². The first-order chi connectivity index (χ1) is 10.5. The van der Waals surface area contributed by atoms with Crippen LogP contribution in [0, 0.1) is 0 Å². The van der Waals surface area contributed by atoms with Gasteiger partial charge in [-0.05, 0) is 25.1 Å².